The molecule has 2 aromatic heterocycles. The number of hydrogen-bond acceptors (Lipinski definition) is 7. The van der Waals surface area contributed by atoms with E-state index >= 15 is 0 Å². The van der Waals surface area contributed by atoms with Crippen LogP contribution in [0.15, 0.2) is 47.8 Å². The number of esters is 2. The van der Waals surface area contributed by atoms with Crippen molar-refractivity contribution in [2.45, 2.75) is 33.3 Å². The van der Waals surface area contributed by atoms with Crippen molar-refractivity contribution in [1.82, 2.24) is 4.57 Å². The average Bonchev–Trinajstić information content (AvgIpc) is 3.44. The van der Waals surface area contributed by atoms with Crippen molar-refractivity contribution < 1.29 is 28.6 Å². The summed E-state index contributed by atoms with van der Waals surface area (Å²) in [6, 6.07) is 13.6. The van der Waals surface area contributed by atoms with Gasteiger partial charge in [0.2, 0.25) is 0 Å². The Bertz CT molecular complexity index is 1170. The maximum atomic E-state index is 13.1. The molecule has 0 bridgehead atoms. The SMILES string of the molecule is CCOC(=O)C(=C=O)c1c(C(=O)OCC)c(CCc2cccs2)c(OCc2ccccc2)n1C. The molecule has 0 atom stereocenters. The summed E-state index contributed by atoms with van der Waals surface area (Å²) in [4.78, 5) is 38.7. The molecular formula is C26H27NO6S. The van der Waals surface area contributed by atoms with E-state index in [2.05, 4.69) is 0 Å². The fraction of sp³-hybridized carbons (Fsp3) is 0.308. The third-order valence-electron chi connectivity index (χ3n) is 5.15. The molecule has 3 aromatic rings. The maximum absolute atomic E-state index is 13.1. The summed E-state index contributed by atoms with van der Waals surface area (Å²) >= 11 is 1.61. The summed E-state index contributed by atoms with van der Waals surface area (Å²) in [5, 5.41) is 1.98. The molecule has 1 aromatic carbocycles. The summed E-state index contributed by atoms with van der Waals surface area (Å²) in [5.41, 5.74) is 1.33. The van der Waals surface area contributed by atoms with Crippen LogP contribution in [0.25, 0.3) is 5.57 Å². The van der Waals surface area contributed by atoms with Crippen molar-refractivity contribution in [2.24, 2.45) is 7.05 Å². The van der Waals surface area contributed by atoms with Crippen molar-refractivity contribution in [2.75, 3.05) is 13.2 Å². The van der Waals surface area contributed by atoms with Gasteiger partial charge in [-0.05, 0) is 43.7 Å². The van der Waals surface area contributed by atoms with E-state index in [0.717, 1.165) is 10.4 Å². The zero-order chi connectivity index (χ0) is 24.5. The molecule has 2 heterocycles. The molecule has 178 valence electrons. The summed E-state index contributed by atoms with van der Waals surface area (Å²) in [6.07, 6.45) is 1.09. The molecule has 8 heteroatoms. The van der Waals surface area contributed by atoms with Gasteiger partial charge in [0.05, 0.1) is 24.5 Å². The predicted molar refractivity (Wildman–Crippen MR) is 130 cm³/mol. The molecule has 0 unspecified atom stereocenters. The Morgan fingerprint density at radius 1 is 1.00 bits per heavy atom. The molecule has 0 saturated carbocycles. The topological polar surface area (TPSA) is 83.8 Å². The van der Waals surface area contributed by atoms with Crippen molar-refractivity contribution in [1.29, 1.82) is 0 Å². The fourth-order valence-electron chi connectivity index (χ4n) is 3.67. The molecule has 0 spiro atoms. The molecule has 0 saturated heterocycles. The van der Waals surface area contributed by atoms with Gasteiger partial charge in [0, 0.05) is 17.5 Å². The lowest BCUT2D eigenvalue weighted by molar-refractivity contribution is -0.136. The first-order valence-corrected chi connectivity index (χ1v) is 11.9. The van der Waals surface area contributed by atoms with Gasteiger partial charge in [0.1, 0.15) is 12.5 Å². The first-order valence-electron chi connectivity index (χ1n) is 11.0. The second kappa shape index (κ2) is 12.0. The maximum Gasteiger partial charge on any atom is 0.351 e. The van der Waals surface area contributed by atoms with E-state index in [9.17, 15) is 14.4 Å². The lowest BCUT2D eigenvalue weighted by Crippen LogP contribution is -2.15. The Morgan fingerprint density at radius 3 is 2.35 bits per heavy atom. The number of aryl methyl sites for hydroxylation is 1. The van der Waals surface area contributed by atoms with Crippen LogP contribution in [0.2, 0.25) is 0 Å². The monoisotopic (exact) mass is 481 g/mol. The minimum absolute atomic E-state index is 0.0752. The van der Waals surface area contributed by atoms with Gasteiger partial charge in [-0.1, -0.05) is 36.4 Å². The smallest absolute Gasteiger partial charge is 0.351 e. The van der Waals surface area contributed by atoms with Crippen LogP contribution in [-0.2, 0) is 45.6 Å². The van der Waals surface area contributed by atoms with Gasteiger partial charge in [0.15, 0.2) is 11.5 Å². The minimum Gasteiger partial charge on any atom is -0.474 e. The lowest BCUT2D eigenvalue weighted by atomic mass is 10.0. The van der Waals surface area contributed by atoms with Crippen LogP contribution in [0.3, 0.4) is 0 Å². The quantitative estimate of drug-likeness (QED) is 0.229. The zero-order valence-electron chi connectivity index (χ0n) is 19.5. The first kappa shape index (κ1) is 25.0. The Hall–Kier alpha value is -3.61. The largest absolute Gasteiger partial charge is 0.474 e. The van der Waals surface area contributed by atoms with E-state index in [0.29, 0.717) is 24.3 Å². The number of hydrogen-bond donors (Lipinski definition) is 0. The molecule has 0 aliphatic heterocycles. The number of benzene rings is 1. The average molecular weight is 482 g/mol. The number of carbonyl (C=O) groups excluding carboxylic acids is 3. The van der Waals surface area contributed by atoms with Crippen molar-refractivity contribution in [3.05, 3.63) is 75.1 Å². The third-order valence-corrected chi connectivity index (χ3v) is 6.09. The summed E-state index contributed by atoms with van der Waals surface area (Å²) in [7, 11) is 1.64. The van der Waals surface area contributed by atoms with Crippen LogP contribution in [0.5, 0.6) is 5.88 Å². The Kier molecular flexibility index (Phi) is 8.85. The lowest BCUT2D eigenvalue weighted by Gasteiger charge is -2.11. The molecule has 0 aliphatic rings. The van der Waals surface area contributed by atoms with Crippen LogP contribution in [0.4, 0.5) is 0 Å². The molecular weight excluding hydrogens is 454 g/mol. The van der Waals surface area contributed by atoms with Gasteiger partial charge in [-0.25, -0.2) is 14.4 Å². The highest BCUT2D eigenvalue weighted by atomic mass is 32.1. The zero-order valence-corrected chi connectivity index (χ0v) is 20.3. The molecule has 3 rings (SSSR count). The Balaban J connectivity index is 2.14. The number of ether oxygens (including phenoxy) is 3. The summed E-state index contributed by atoms with van der Waals surface area (Å²) in [5.74, 6) is 0.564. The van der Waals surface area contributed by atoms with Crippen molar-refractivity contribution in [3.8, 4) is 5.88 Å². The normalized spacial score (nSPS) is 10.4. The molecule has 34 heavy (non-hydrogen) atoms. The van der Waals surface area contributed by atoms with E-state index in [1.54, 1.807) is 38.2 Å². The molecule has 0 fully saturated rings. The minimum atomic E-state index is -0.858. The first-order chi connectivity index (χ1) is 16.5. The highest BCUT2D eigenvalue weighted by Gasteiger charge is 2.33. The summed E-state index contributed by atoms with van der Waals surface area (Å²) < 4.78 is 18.1. The number of carbonyl (C=O) groups is 2. The van der Waals surface area contributed by atoms with Crippen molar-refractivity contribution in [3.63, 3.8) is 0 Å². The molecule has 0 amide bonds. The molecule has 7 nitrogen and oxygen atoms in total. The Labute approximate surface area is 202 Å². The summed E-state index contributed by atoms with van der Waals surface area (Å²) in [6.45, 7) is 3.79. The van der Waals surface area contributed by atoms with E-state index in [1.807, 2.05) is 47.8 Å². The second-order valence-corrected chi connectivity index (χ2v) is 8.37. The van der Waals surface area contributed by atoms with Crippen LogP contribution < -0.4 is 4.74 Å². The van der Waals surface area contributed by atoms with Crippen LogP contribution >= 0.6 is 11.3 Å². The van der Waals surface area contributed by atoms with Crippen LogP contribution in [0.1, 0.15) is 45.9 Å². The van der Waals surface area contributed by atoms with Gasteiger partial charge in [-0.2, -0.15) is 0 Å². The highest BCUT2D eigenvalue weighted by Crippen LogP contribution is 2.35. The predicted octanol–water partition coefficient (Wildman–Crippen LogP) is 4.41. The van der Waals surface area contributed by atoms with Gasteiger partial charge >= 0.3 is 11.9 Å². The number of rotatable bonds is 11. The van der Waals surface area contributed by atoms with E-state index in [1.165, 1.54) is 4.57 Å². The fourth-order valence-corrected chi connectivity index (χ4v) is 4.38. The third kappa shape index (κ3) is 5.65. The van der Waals surface area contributed by atoms with Crippen LogP contribution in [0, 0.1) is 0 Å². The van der Waals surface area contributed by atoms with Gasteiger partial charge in [-0.15, -0.1) is 11.3 Å². The number of aromatic nitrogens is 1. The molecule has 0 N–H and O–H groups in total. The molecule has 0 radical (unpaired) electrons. The van der Waals surface area contributed by atoms with Crippen LogP contribution in [-0.4, -0.2) is 35.7 Å². The molecule has 0 aliphatic carbocycles. The highest BCUT2D eigenvalue weighted by molar-refractivity contribution is 7.09. The number of thiophene rings is 1. The van der Waals surface area contributed by atoms with Crippen molar-refractivity contribution >= 4 is 34.8 Å². The van der Waals surface area contributed by atoms with Gasteiger partial charge < -0.3 is 18.8 Å². The Morgan fingerprint density at radius 2 is 1.74 bits per heavy atom. The standard InChI is InChI=1S/C26H27NO6S/c1-4-31-25(29)21(16-28)23-22(26(30)32-5-2)20(14-13-19-12-9-15-34-19)24(27(23)3)33-17-18-10-7-6-8-11-18/h6-12,15H,4-5,13-14,17H2,1-3H3. The second-order valence-electron chi connectivity index (χ2n) is 7.34. The van der Waals surface area contributed by atoms with Gasteiger partial charge in [0.25, 0.3) is 0 Å². The van der Waals surface area contributed by atoms with E-state index < -0.39 is 11.9 Å². The van der Waals surface area contributed by atoms with Gasteiger partial charge in [-0.3, -0.25) is 0 Å². The number of nitrogens with zero attached hydrogens (tertiary/aromatic N) is 1. The van der Waals surface area contributed by atoms with E-state index in [-0.39, 0.29) is 36.7 Å². The van der Waals surface area contributed by atoms with E-state index in [4.69, 9.17) is 14.2 Å².